The van der Waals surface area contributed by atoms with Crippen LogP contribution in [-0.2, 0) is 10.5 Å². The van der Waals surface area contributed by atoms with E-state index in [2.05, 4.69) is 9.97 Å². The monoisotopic (exact) mass is 328 g/mol. The van der Waals surface area contributed by atoms with Crippen molar-refractivity contribution in [1.82, 2.24) is 9.97 Å². The lowest BCUT2D eigenvalue weighted by molar-refractivity contribution is 0.0600. The fourth-order valence-electron chi connectivity index (χ4n) is 2.22. The number of imidazole rings is 1. The first-order valence-corrected chi connectivity index (χ1v) is 8.02. The first kappa shape index (κ1) is 15.4. The maximum absolute atomic E-state index is 11.6. The van der Waals surface area contributed by atoms with Gasteiger partial charge in [-0.2, -0.15) is 0 Å². The molecule has 0 amide bonds. The highest BCUT2D eigenvalue weighted by Gasteiger charge is 2.08. The molecule has 0 aliphatic heterocycles. The summed E-state index contributed by atoms with van der Waals surface area (Å²) >= 11 is 1.58. The van der Waals surface area contributed by atoms with E-state index in [4.69, 9.17) is 9.47 Å². The van der Waals surface area contributed by atoms with Crippen molar-refractivity contribution < 1.29 is 14.3 Å². The predicted molar refractivity (Wildman–Crippen MR) is 90.0 cm³/mol. The smallest absolute Gasteiger partial charge is 0.337 e. The van der Waals surface area contributed by atoms with E-state index in [9.17, 15) is 4.79 Å². The second-order valence-corrected chi connectivity index (χ2v) is 5.87. The van der Waals surface area contributed by atoms with Gasteiger partial charge in [-0.1, -0.05) is 23.9 Å². The van der Waals surface area contributed by atoms with Crippen LogP contribution in [0.4, 0.5) is 0 Å². The molecule has 0 radical (unpaired) electrons. The van der Waals surface area contributed by atoms with E-state index < -0.39 is 0 Å². The third-order valence-electron chi connectivity index (χ3n) is 3.39. The lowest BCUT2D eigenvalue weighted by Gasteiger charge is -2.02. The molecule has 0 saturated heterocycles. The van der Waals surface area contributed by atoms with Crippen molar-refractivity contribution in [3.05, 3.63) is 53.6 Å². The topological polar surface area (TPSA) is 64.2 Å². The molecule has 0 atom stereocenters. The molecule has 1 heterocycles. The van der Waals surface area contributed by atoms with Crippen LogP contribution in [0.2, 0.25) is 0 Å². The number of aromatic nitrogens is 2. The zero-order valence-corrected chi connectivity index (χ0v) is 13.6. The standard InChI is InChI=1S/C17H16N2O3S/c1-21-13-6-7-14-15(9-13)19-17(18-14)23-10-11-4-3-5-12(8-11)16(20)22-2/h3-9H,10H2,1-2H3,(H,18,19). The predicted octanol–water partition coefficient (Wildman–Crippen LogP) is 3.65. The number of ether oxygens (including phenoxy) is 2. The molecule has 0 bridgehead atoms. The number of nitrogens with zero attached hydrogens (tertiary/aromatic N) is 1. The van der Waals surface area contributed by atoms with Gasteiger partial charge in [0.15, 0.2) is 5.16 Å². The molecule has 118 valence electrons. The number of benzene rings is 2. The average molecular weight is 328 g/mol. The van der Waals surface area contributed by atoms with Crippen LogP contribution in [0.5, 0.6) is 5.75 Å². The normalized spacial score (nSPS) is 10.7. The quantitative estimate of drug-likeness (QED) is 0.572. The molecular weight excluding hydrogens is 312 g/mol. The van der Waals surface area contributed by atoms with Crippen molar-refractivity contribution in [3.63, 3.8) is 0 Å². The highest BCUT2D eigenvalue weighted by atomic mass is 32.2. The van der Waals surface area contributed by atoms with E-state index in [1.54, 1.807) is 24.9 Å². The minimum Gasteiger partial charge on any atom is -0.497 e. The van der Waals surface area contributed by atoms with Gasteiger partial charge in [-0.3, -0.25) is 0 Å². The molecule has 3 rings (SSSR count). The van der Waals surface area contributed by atoms with Gasteiger partial charge in [0, 0.05) is 11.8 Å². The van der Waals surface area contributed by atoms with E-state index in [1.165, 1.54) is 7.11 Å². The van der Waals surface area contributed by atoms with Gasteiger partial charge >= 0.3 is 5.97 Å². The maximum atomic E-state index is 11.6. The van der Waals surface area contributed by atoms with Crippen molar-refractivity contribution in [3.8, 4) is 5.75 Å². The highest BCUT2D eigenvalue weighted by Crippen LogP contribution is 2.25. The zero-order chi connectivity index (χ0) is 16.2. The Morgan fingerprint density at radius 2 is 2.09 bits per heavy atom. The van der Waals surface area contributed by atoms with Gasteiger partial charge < -0.3 is 14.5 Å². The van der Waals surface area contributed by atoms with E-state index in [1.807, 2.05) is 36.4 Å². The van der Waals surface area contributed by atoms with Gasteiger partial charge in [0.2, 0.25) is 0 Å². The van der Waals surface area contributed by atoms with Crippen LogP contribution in [0, 0.1) is 0 Å². The number of nitrogens with one attached hydrogen (secondary N) is 1. The number of methoxy groups -OCH3 is 2. The number of carbonyl (C=O) groups excluding carboxylic acids is 1. The van der Waals surface area contributed by atoms with Gasteiger partial charge in [0.05, 0.1) is 30.8 Å². The van der Waals surface area contributed by atoms with Crippen molar-refractivity contribution >= 4 is 28.8 Å². The Morgan fingerprint density at radius 3 is 2.87 bits per heavy atom. The summed E-state index contributed by atoms with van der Waals surface area (Å²) in [4.78, 5) is 19.4. The van der Waals surface area contributed by atoms with E-state index in [-0.39, 0.29) is 5.97 Å². The first-order chi connectivity index (χ1) is 11.2. The van der Waals surface area contributed by atoms with Crippen molar-refractivity contribution in [2.45, 2.75) is 10.9 Å². The third-order valence-corrected chi connectivity index (χ3v) is 4.34. The second kappa shape index (κ2) is 6.75. The Balaban J connectivity index is 1.74. The number of hydrogen-bond donors (Lipinski definition) is 1. The minimum atomic E-state index is -0.326. The molecule has 0 aliphatic carbocycles. The van der Waals surface area contributed by atoms with Gasteiger partial charge in [0.25, 0.3) is 0 Å². The molecule has 23 heavy (non-hydrogen) atoms. The molecule has 1 aromatic heterocycles. The van der Waals surface area contributed by atoms with Crippen molar-refractivity contribution in [1.29, 1.82) is 0 Å². The minimum absolute atomic E-state index is 0.326. The highest BCUT2D eigenvalue weighted by molar-refractivity contribution is 7.98. The fraction of sp³-hybridized carbons (Fsp3) is 0.176. The number of thioether (sulfide) groups is 1. The summed E-state index contributed by atoms with van der Waals surface area (Å²) in [5.74, 6) is 1.18. The molecule has 0 spiro atoms. The fourth-order valence-corrected chi connectivity index (χ4v) is 3.05. The molecule has 0 unspecified atom stereocenters. The number of fused-ring (bicyclic) bond motifs is 1. The Morgan fingerprint density at radius 1 is 1.22 bits per heavy atom. The molecule has 0 saturated carbocycles. The molecule has 5 nitrogen and oxygen atoms in total. The Hall–Kier alpha value is -2.47. The largest absolute Gasteiger partial charge is 0.497 e. The molecule has 1 N–H and O–H groups in total. The average Bonchev–Trinajstić information content (AvgIpc) is 3.01. The van der Waals surface area contributed by atoms with Crippen LogP contribution in [-0.4, -0.2) is 30.2 Å². The first-order valence-electron chi connectivity index (χ1n) is 7.03. The summed E-state index contributed by atoms with van der Waals surface area (Å²) in [5.41, 5.74) is 3.43. The number of rotatable bonds is 5. The van der Waals surface area contributed by atoms with Gasteiger partial charge in [0.1, 0.15) is 5.75 Å². The Labute approximate surface area is 138 Å². The van der Waals surface area contributed by atoms with Crippen LogP contribution in [0.1, 0.15) is 15.9 Å². The van der Waals surface area contributed by atoms with Crippen LogP contribution in [0.3, 0.4) is 0 Å². The van der Waals surface area contributed by atoms with Crippen LogP contribution in [0.15, 0.2) is 47.6 Å². The number of H-pyrrole nitrogens is 1. The number of aromatic amines is 1. The number of carbonyl (C=O) groups is 1. The summed E-state index contributed by atoms with van der Waals surface area (Å²) < 4.78 is 9.95. The van der Waals surface area contributed by atoms with Crippen LogP contribution < -0.4 is 4.74 Å². The molecule has 0 aliphatic rings. The molecule has 3 aromatic rings. The lowest BCUT2D eigenvalue weighted by atomic mass is 10.1. The second-order valence-electron chi connectivity index (χ2n) is 4.91. The van der Waals surface area contributed by atoms with Crippen molar-refractivity contribution in [2.75, 3.05) is 14.2 Å². The van der Waals surface area contributed by atoms with E-state index in [0.717, 1.165) is 27.5 Å². The number of hydrogen-bond acceptors (Lipinski definition) is 5. The molecular formula is C17H16N2O3S. The van der Waals surface area contributed by atoms with Gasteiger partial charge in [-0.05, 0) is 29.8 Å². The third kappa shape index (κ3) is 3.48. The van der Waals surface area contributed by atoms with E-state index in [0.29, 0.717) is 11.3 Å². The van der Waals surface area contributed by atoms with Crippen molar-refractivity contribution in [2.24, 2.45) is 0 Å². The summed E-state index contributed by atoms with van der Waals surface area (Å²) in [7, 11) is 3.02. The summed E-state index contributed by atoms with van der Waals surface area (Å²) in [6.45, 7) is 0. The summed E-state index contributed by atoms with van der Waals surface area (Å²) in [6, 6.07) is 13.1. The maximum Gasteiger partial charge on any atom is 0.337 e. The van der Waals surface area contributed by atoms with E-state index >= 15 is 0 Å². The van der Waals surface area contributed by atoms with Gasteiger partial charge in [-0.15, -0.1) is 0 Å². The summed E-state index contributed by atoms with van der Waals surface area (Å²) in [6.07, 6.45) is 0. The SMILES string of the molecule is COC(=O)c1cccc(CSc2nc3ccc(OC)cc3[nH]2)c1. The number of esters is 1. The Kier molecular flexibility index (Phi) is 4.52. The van der Waals surface area contributed by atoms with Gasteiger partial charge in [-0.25, -0.2) is 9.78 Å². The molecule has 0 fully saturated rings. The molecule has 2 aromatic carbocycles. The molecule has 6 heteroatoms. The Bertz CT molecular complexity index is 845. The lowest BCUT2D eigenvalue weighted by Crippen LogP contribution is -2.01. The van der Waals surface area contributed by atoms with Crippen LogP contribution in [0.25, 0.3) is 11.0 Å². The zero-order valence-electron chi connectivity index (χ0n) is 12.8. The summed E-state index contributed by atoms with van der Waals surface area (Å²) in [5, 5.41) is 0.830. The van der Waals surface area contributed by atoms with Crippen LogP contribution >= 0.6 is 11.8 Å².